The van der Waals surface area contributed by atoms with Crippen LogP contribution >= 0.6 is 0 Å². The molecule has 0 N–H and O–H groups in total. The molecule has 0 unspecified atom stereocenters. The standard InChI is InChI=1S/C25H26O8/c1-7-31-23(27)22-20(14-8-11-17(29-5)19(12-14)30-6)21(26)16-10-9-15(13-18(16)33-22)32-24(28)25(2,3)4/h8-13H,7H2,1-6H3. The Morgan fingerprint density at radius 1 is 0.970 bits per heavy atom. The van der Waals surface area contributed by atoms with E-state index in [2.05, 4.69) is 0 Å². The minimum absolute atomic E-state index is 0.0290. The fraction of sp³-hybridized carbons (Fsp3) is 0.320. The quantitative estimate of drug-likeness (QED) is 0.393. The molecule has 0 aliphatic heterocycles. The summed E-state index contributed by atoms with van der Waals surface area (Å²) in [6.07, 6.45) is 0. The maximum Gasteiger partial charge on any atom is 0.375 e. The van der Waals surface area contributed by atoms with E-state index in [9.17, 15) is 14.4 Å². The van der Waals surface area contributed by atoms with Crippen LogP contribution in [0.5, 0.6) is 17.2 Å². The third kappa shape index (κ3) is 4.84. The van der Waals surface area contributed by atoms with Gasteiger partial charge in [0.05, 0.1) is 37.2 Å². The van der Waals surface area contributed by atoms with Crippen LogP contribution < -0.4 is 19.6 Å². The molecule has 0 aliphatic carbocycles. The third-order valence-corrected chi connectivity index (χ3v) is 4.82. The normalized spacial score (nSPS) is 11.2. The molecule has 1 heterocycles. The number of rotatable bonds is 6. The highest BCUT2D eigenvalue weighted by atomic mass is 16.5. The first kappa shape index (κ1) is 23.8. The summed E-state index contributed by atoms with van der Waals surface area (Å²) in [6, 6.07) is 9.24. The molecule has 3 aromatic rings. The molecule has 0 fully saturated rings. The van der Waals surface area contributed by atoms with E-state index in [-0.39, 0.29) is 34.6 Å². The maximum atomic E-state index is 13.5. The van der Waals surface area contributed by atoms with E-state index >= 15 is 0 Å². The SMILES string of the molecule is CCOC(=O)c1oc2cc(OC(=O)C(C)(C)C)ccc2c(=O)c1-c1ccc(OC)c(OC)c1. The van der Waals surface area contributed by atoms with Gasteiger partial charge in [0, 0.05) is 6.07 Å². The number of benzene rings is 2. The average Bonchev–Trinajstić information content (AvgIpc) is 2.77. The molecular weight excluding hydrogens is 428 g/mol. The molecule has 0 atom stereocenters. The van der Waals surface area contributed by atoms with Crippen LogP contribution in [0.1, 0.15) is 38.2 Å². The zero-order chi connectivity index (χ0) is 24.3. The van der Waals surface area contributed by atoms with E-state index in [0.717, 1.165) is 0 Å². The van der Waals surface area contributed by atoms with Crippen LogP contribution in [0, 0.1) is 5.41 Å². The van der Waals surface area contributed by atoms with Crippen LogP contribution in [0.2, 0.25) is 0 Å². The lowest BCUT2D eigenvalue weighted by Gasteiger charge is -2.16. The highest BCUT2D eigenvalue weighted by Gasteiger charge is 2.26. The summed E-state index contributed by atoms with van der Waals surface area (Å²) < 4.78 is 26.9. The summed E-state index contributed by atoms with van der Waals surface area (Å²) in [4.78, 5) is 38.4. The number of ether oxygens (including phenoxy) is 4. The summed E-state index contributed by atoms with van der Waals surface area (Å²) >= 11 is 0. The molecular formula is C25H26O8. The van der Waals surface area contributed by atoms with Crippen LogP contribution in [0.25, 0.3) is 22.1 Å². The van der Waals surface area contributed by atoms with Crippen molar-refractivity contribution in [1.29, 1.82) is 0 Å². The highest BCUT2D eigenvalue weighted by Crippen LogP contribution is 2.34. The van der Waals surface area contributed by atoms with Crippen LogP contribution in [-0.2, 0) is 9.53 Å². The third-order valence-electron chi connectivity index (χ3n) is 4.82. The average molecular weight is 454 g/mol. The topological polar surface area (TPSA) is 101 Å². The Labute approximate surface area is 191 Å². The largest absolute Gasteiger partial charge is 0.493 e. The second-order valence-electron chi connectivity index (χ2n) is 8.22. The molecule has 0 bridgehead atoms. The van der Waals surface area contributed by atoms with Gasteiger partial charge in [0.25, 0.3) is 0 Å². The van der Waals surface area contributed by atoms with Gasteiger partial charge in [-0.3, -0.25) is 9.59 Å². The van der Waals surface area contributed by atoms with E-state index in [1.807, 2.05) is 0 Å². The fourth-order valence-corrected chi connectivity index (χ4v) is 3.09. The highest BCUT2D eigenvalue weighted by molar-refractivity contribution is 5.98. The van der Waals surface area contributed by atoms with Crippen molar-refractivity contribution >= 4 is 22.9 Å². The summed E-state index contributed by atoms with van der Waals surface area (Å²) in [7, 11) is 2.97. The Hall–Kier alpha value is -3.81. The fourth-order valence-electron chi connectivity index (χ4n) is 3.09. The van der Waals surface area contributed by atoms with Crippen molar-refractivity contribution in [2.24, 2.45) is 5.41 Å². The van der Waals surface area contributed by atoms with Gasteiger partial charge in [-0.25, -0.2) is 4.79 Å². The van der Waals surface area contributed by atoms with Gasteiger partial charge in [-0.05, 0) is 57.5 Å². The van der Waals surface area contributed by atoms with Crippen molar-refractivity contribution in [1.82, 2.24) is 0 Å². The van der Waals surface area contributed by atoms with Gasteiger partial charge >= 0.3 is 11.9 Å². The zero-order valence-electron chi connectivity index (χ0n) is 19.4. The second kappa shape index (κ2) is 9.36. The number of hydrogen-bond donors (Lipinski definition) is 0. The monoisotopic (exact) mass is 454 g/mol. The molecule has 8 nitrogen and oxygen atoms in total. The maximum absolute atomic E-state index is 13.5. The first-order valence-corrected chi connectivity index (χ1v) is 10.3. The molecule has 8 heteroatoms. The van der Waals surface area contributed by atoms with E-state index in [4.69, 9.17) is 23.4 Å². The van der Waals surface area contributed by atoms with E-state index in [1.165, 1.54) is 32.4 Å². The Kier molecular flexibility index (Phi) is 6.76. The number of esters is 2. The van der Waals surface area contributed by atoms with Gasteiger partial charge in [-0.15, -0.1) is 0 Å². The van der Waals surface area contributed by atoms with Gasteiger partial charge in [0.1, 0.15) is 11.3 Å². The molecule has 3 rings (SSSR count). The molecule has 174 valence electrons. The van der Waals surface area contributed by atoms with Crippen molar-refractivity contribution in [3.8, 4) is 28.4 Å². The number of fused-ring (bicyclic) bond motifs is 1. The lowest BCUT2D eigenvalue weighted by atomic mass is 9.97. The van der Waals surface area contributed by atoms with E-state index in [0.29, 0.717) is 17.1 Å². The molecule has 33 heavy (non-hydrogen) atoms. The summed E-state index contributed by atoms with van der Waals surface area (Å²) in [5.74, 6) is -0.460. The lowest BCUT2D eigenvalue weighted by Crippen LogP contribution is -2.25. The molecule has 0 saturated carbocycles. The molecule has 1 aromatic heterocycles. The van der Waals surface area contributed by atoms with E-state index in [1.54, 1.807) is 45.9 Å². The summed E-state index contributed by atoms with van der Waals surface area (Å²) in [5, 5.41) is 0.211. The van der Waals surface area contributed by atoms with Crippen LogP contribution in [0.15, 0.2) is 45.6 Å². The first-order chi connectivity index (χ1) is 15.6. The number of hydrogen-bond acceptors (Lipinski definition) is 8. The van der Waals surface area contributed by atoms with Crippen molar-refractivity contribution < 1.29 is 33.0 Å². The lowest BCUT2D eigenvalue weighted by molar-refractivity contribution is -0.142. The van der Waals surface area contributed by atoms with Gasteiger partial charge in [-0.2, -0.15) is 0 Å². The minimum Gasteiger partial charge on any atom is -0.493 e. The van der Waals surface area contributed by atoms with Crippen molar-refractivity contribution in [3.05, 3.63) is 52.4 Å². The molecule has 0 amide bonds. The Morgan fingerprint density at radius 2 is 1.67 bits per heavy atom. The van der Waals surface area contributed by atoms with Gasteiger partial charge in [0.2, 0.25) is 11.2 Å². The minimum atomic E-state index is -0.793. The summed E-state index contributed by atoms with van der Waals surface area (Å²) in [5.41, 5.74) is -0.647. The van der Waals surface area contributed by atoms with Crippen molar-refractivity contribution in [2.45, 2.75) is 27.7 Å². The predicted molar refractivity (Wildman–Crippen MR) is 122 cm³/mol. The second-order valence-corrected chi connectivity index (χ2v) is 8.22. The van der Waals surface area contributed by atoms with Crippen molar-refractivity contribution in [3.63, 3.8) is 0 Å². The zero-order valence-corrected chi connectivity index (χ0v) is 19.4. The Bertz CT molecular complexity index is 1260. The van der Waals surface area contributed by atoms with Crippen LogP contribution in [0.4, 0.5) is 0 Å². The Morgan fingerprint density at radius 3 is 2.27 bits per heavy atom. The van der Waals surface area contributed by atoms with E-state index < -0.39 is 22.8 Å². The Balaban J connectivity index is 2.23. The van der Waals surface area contributed by atoms with Gasteiger partial charge in [0.15, 0.2) is 11.5 Å². The number of carbonyl (C=O) groups excluding carboxylic acids is 2. The summed E-state index contributed by atoms with van der Waals surface area (Å²) in [6.45, 7) is 6.92. The molecule has 0 aliphatic rings. The molecule has 0 spiro atoms. The molecule has 0 saturated heterocycles. The smallest absolute Gasteiger partial charge is 0.375 e. The van der Waals surface area contributed by atoms with Gasteiger partial charge in [-0.1, -0.05) is 6.07 Å². The predicted octanol–water partition coefficient (Wildman–Crippen LogP) is 4.61. The number of methoxy groups -OCH3 is 2. The molecule has 0 radical (unpaired) electrons. The van der Waals surface area contributed by atoms with Crippen LogP contribution in [-0.4, -0.2) is 32.8 Å². The van der Waals surface area contributed by atoms with Crippen molar-refractivity contribution in [2.75, 3.05) is 20.8 Å². The first-order valence-electron chi connectivity index (χ1n) is 10.3. The van der Waals surface area contributed by atoms with Gasteiger partial charge < -0.3 is 23.4 Å². The van der Waals surface area contributed by atoms with Crippen LogP contribution in [0.3, 0.4) is 0 Å². The molecule has 2 aromatic carbocycles. The number of carbonyl (C=O) groups is 2.